The quantitative estimate of drug-likeness (QED) is 0.827. The van der Waals surface area contributed by atoms with Crippen molar-refractivity contribution in [2.45, 2.75) is 32.2 Å². The summed E-state index contributed by atoms with van der Waals surface area (Å²) in [5.41, 5.74) is 2.75. The molecule has 0 aliphatic carbocycles. The number of para-hydroxylation sites is 1. The Kier molecular flexibility index (Phi) is 3.93. The number of piperidine rings is 1. The Labute approximate surface area is 121 Å². The maximum atomic E-state index is 9.06. The van der Waals surface area contributed by atoms with Crippen LogP contribution in [0.5, 0.6) is 0 Å². The van der Waals surface area contributed by atoms with Crippen LogP contribution in [0.3, 0.4) is 0 Å². The molecular formula is C17H23N3. The van der Waals surface area contributed by atoms with Crippen LogP contribution in [0.2, 0.25) is 0 Å². The minimum Gasteiger partial charge on any atom is -0.370 e. The molecule has 0 saturated carbocycles. The van der Waals surface area contributed by atoms with Gasteiger partial charge in [-0.3, -0.25) is 4.90 Å². The molecule has 2 unspecified atom stereocenters. The zero-order valence-corrected chi connectivity index (χ0v) is 12.3. The first kappa shape index (κ1) is 13.5. The Hall–Kier alpha value is -1.53. The maximum Gasteiger partial charge on any atom is 0.0669 e. The minimum atomic E-state index is 0.254. The number of aryl methyl sites for hydroxylation is 1. The zero-order chi connectivity index (χ0) is 13.9. The van der Waals surface area contributed by atoms with Gasteiger partial charge in [-0.25, -0.2) is 0 Å². The number of rotatable bonds is 2. The summed E-state index contributed by atoms with van der Waals surface area (Å²) in [7, 11) is 0. The smallest absolute Gasteiger partial charge is 0.0669 e. The van der Waals surface area contributed by atoms with Crippen LogP contribution in [0.4, 0.5) is 5.69 Å². The van der Waals surface area contributed by atoms with Gasteiger partial charge in [0.2, 0.25) is 0 Å². The lowest BCUT2D eigenvalue weighted by Gasteiger charge is -2.39. The van der Waals surface area contributed by atoms with E-state index in [0.29, 0.717) is 6.04 Å². The van der Waals surface area contributed by atoms with Crippen LogP contribution in [0, 0.1) is 24.2 Å². The van der Waals surface area contributed by atoms with Crippen molar-refractivity contribution in [3.05, 3.63) is 29.8 Å². The molecule has 2 atom stereocenters. The maximum absolute atomic E-state index is 9.06. The van der Waals surface area contributed by atoms with E-state index in [0.717, 1.165) is 32.6 Å². The molecule has 0 N–H and O–H groups in total. The first-order chi connectivity index (χ1) is 9.78. The Morgan fingerprint density at radius 2 is 2.00 bits per heavy atom. The van der Waals surface area contributed by atoms with Crippen LogP contribution in [0.1, 0.15) is 24.8 Å². The van der Waals surface area contributed by atoms with Crippen molar-refractivity contribution in [3.63, 3.8) is 0 Å². The number of hydrogen-bond donors (Lipinski definition) is 0. The average molecular weight is 269 g/mol. The number of nitriles is 1. The fraction of sp³-hybridized carbons (Fsp3) is 0.588. The highest BCUT2D eigenvalue weighted by atomic mass is 15.2. The van der Waals surface area contributed by atoms with E-state index in [-0.39, 0.29) is 5.92 Å². The standard InChI is InChI=1S/C17H23N3/c1-14-5-2-3-7-17(14)20-9-4-6-16(13-20)19-10-8-15(11-18)12-19/h2-3,5,7,15-16H,4,6,8-10,12-13H2,1H3. The predicted octanol–water partition coefficient (Wildman–Crippen LogP) is 2.81. The predicted molar refractivity (Wildman–Crippen MR) is 81.7 cm³/mol. The molecule has 0 spiro atoms. The minimum absolute atomic E-state index is 0.254. The second kappa shape index (κ2) is 5.85. The fourth-order valence-corrected chi connectivity index (χ4v) is 3.61. The van der Waals surface area contributed by atoms with Gasteiger partial charge in [0, 0.05) is 31.4 Å². The molecule has 2 aliphatic heterocycles. The average Bonchev–Trinajstić information content (AvgIpc) is 2.97. The van der Waals surface area contributed by atoms with E-state index >= 15 is 0 Å². The second-order valence-corrected chi connectivity index (χ2v) is 6.14. The number of benzene rings is 1. The number of nitrogens with zero attached hydrogens (tertiary/aromatic N) is 3. The van der Waals surface area contributed by atoms with Gasteiger partial charge in [0.25, 0.3) is 0 Å². The van der Waals surface area contributed by atoms with Crippen molar-refractivity contribution >= 4 is 5.69 Å². The van der Waals surface area contributed by atoms with E-state index < -0.39 is 0 Å². The molecule has 0 aromatic heterocycles. The molecule has 0 bridgehead atoms. The Bertz CT molecular complexity index is 505. The van der Waals surface area contributed by atoms with Gasteiger partial charge in [-0.2, -0.15) is 5.26 Å². The van der Waals surface area contributed by atoms with Gasteiger partial charge in [-0.1, -0.05) is 18.2 Å². The largest absolute Gasteiger partial charge is 0.370 e. The van der Waals surface area contributed by atoms with E-state index in [1.807, 2.05) is 0 Å². The third kappa shape index (κ3) is 2.66. The number of likely N-dealkylation sites (tertiary alicyclic amines) is 1. The summed E-state index contributed by atoms with van der Waals surface area (Å²) in [5, 5.41) is 9.06. The lowest BCUT2D eigenvalue weighted by Crippen LogP contribution is -2.47. The van der Waals surface area contributed by atoms with E-state index in [4.69, 9.17) is 5.26 Å². The van der Waals surface area contributed by atoms with Gasteiger partial charge in [0.05, 0.1) is 12.0 Å². The summed E-state index contributed by atoms with van der Waals surface area (Å²) >= 11 is 0. The monoisotopic (exact) mass is 269 g/mol. The van der Waals surface area contributed by atoms with Gasteiger partial charge in [0.1, 0.15) is 0 Å². The normalized spacial score (nSPS) is 27.5. The Morgan fingerprint density at radius 1 is 1.15 bits per heavy atom. The molecule has 3 rings (SSSR count). The van der Waals surface area contributed by atoms with Crippen molar-refractivity contribution in [1.82, 2.24) is 4.90 Å². The Morgan fingerprint density at radius 3 is 2.75 bits per heavy atom. The van der Waals surface area contributed by atoms with Crippen molar-refractivity contribution in [2.75, 3.05) is 31.1 Å². The first-order valence-corrected chi connectivity index (χ1v) is 7.72. The highest BCUT2D eigenvalue weighted by Crippen LogP contribution is 2.27. The lowest BCUT2D eigenvalue weighted by molar-refractivity contribution is 0.212. The van der Waals surface area contributed by atoms with E-state index in [2.05, 4.69) is 47.1 Å². The molecule has 2 fully saturated rings. The van der Waals surface area contributed by atoms with Gasteiger partial charge >= 0.3 is 0 Å². The van der Waals surface area contributed by atoms with Crippen LogP contribution in [0.15, 0.2) is 24.3 Å². The molecule has 1 aromatic carbocycles. The van der Waals surface area contributed by atoms with Crippen molar-refractivity contribution in [3.8, 4) is 6.07 Å². The van der Waals surface area contributed by atoms with E-state index in [1.165, 1.54) is 24.1 Å². The van der Waals surface area contributed by atoms with Gasteiger partial charge in [0.15, 0.2) is 0 Å². The molecule has 0 amide bonds. The molecule has 106 valence electrons. The first-order valence-electron chi connectivity index (χ1n) is 7.72. The summed E-state index contributed by atoms with van der Waals surface area (Å²) in [4.78, 5) is 5.07. The van der Waals surface area contributed by atoms with Gasteiger partial charge in [-0.05, 0) is 44.4 Å². The molecular weight excluding hydrogens is 246 g/mol. The SMILES string of the molecule is Cc1ccccc1N1CCCC(N2CCC(C#N)C2)C1. The van der Waals surface area contributed by atoms with E-state index in [1.54, 1.807) is 0 Å². The van der Waals surface area contributed by atoms with Crippen LogP contribution < -0.4 is 4.90 Å². The molecule has 20 heavy (non-hydrogen) atoms. The third-order valence-corrected chi connectivity index (χ3v) is 4.77. The van der Waals surface area contributed by atoms with E-state index in [9.17, 15) is 0 Å². The van der Waals surface area contributed by atoms with Crippen LogP contribution in [-0.2, 0) is 0 Å². The van der Waals surface area contributed by atoms with Crippen molar-refractivity contribution < 1.29 is 0 Å². The molecule has 2 aliphatic rings. The van der Waals surface area contributed by atoms with Crippen LogP contribution >= 0.6 is 0 Å². The zero-order valence-electron chi connectivity index (χ0n) is 12.3. The van der Waals surface area contributed by atoms with Crippen molar-refractivity contribution in [2.24, 2.45) is 5.92 Å². The summed E-state index contributed by atoms with van der Waals surface area (Å²) in [5.74, 6) is 0.254. The lowest BCUT2D eigenvalue weighted by atomic mass is 10.0. The summed E-state index contributed by atoms with van der Waals surface area (Å²) in [6, 6.07) is 11.7. The highest BCUT2D eigenvalue weighted by Gasteiger charge is 2.31. The number of hydrogen-bond acceptors (Lipinski definition) is 3. The Balaban J connectivity index is 1.68. The summed E-state index contributed by atoms with van der Waals surface area (Å²) < 4.78 is 0. The molecule has 3 nitrogen and oxygen atoms in total. The summed E-state index contributed by atoms with van der Waals surface area (Å²) in [6.45, 7) is 6.55. The molecule has 3 heteroatoms. The third-order valence-electron chi connectivity index (χ3n) is 4.77. The fourth-order valence-electron chi connectivity index (χ4n) is 3.61. The molecule has 0 radical (unpaired) electrons. The van der Waals surface area contributed by atoms with Crippen LogP contribution in [-0.4, -0.2) is 37.1 Å². The van der Waals surface area contributed by atoms with Crippen LogP contribution in [0.25, 0.3) is 0 Å². The molecule has 1 aromatic rings. The highest BCUT2D eigenvalue weighted by molar-refractivity contribution is 5.53. The second-order valence-electron chi connectivity index (χ2n) is 6.14. The van der Waals surface area contributed by atoms with Crippen molar-refractivity contribution in [1.29, 1.82) is 5.26 Å². The molecule has 2 saturated heterocycles. The van der Waals surface area contributed by atoms with Gasteiger partial charge in [-0.15, -0.1) is 0 Å². The topological polar surface area (TPSA) is 30.3 Å². The summed E-state index contributed by atoms with van der Waals surface area (Å²) in [6.07, 6.45) is 3.59. The molecule has 2 heterocycles. The van der Waals surface area contributed by atoms with Gasteiger partial charge < -0.3 is 4.90 Å². The number of anilines is 1.